The molecule has 3 aliphatic heterocycles. The second-order valence-corrected chi connectivity index (χ2v) is 8.74. The summed E-state index contributed by atoms with van der Waals surface area (Å²) in [7, 11) is 0. The molecule has 4 atom stereocenters. The second kappa shape index (κ2) is 9.02. The molecule has 1 aromatic heterocycles. The highest BCUT2D eigenvalue weighted by molar-refractivity contribution is 7.10. The molecule has 4 rings (SSSR count). The first-order valence-corrected chi connectivity index (χ1v) is 10.4. The highest BCUT2D eigenvalue weighted by atomic mass is 35.5. The number of carbonyl (C=O) groups excluding carboxylic acids is 1. The molecule has 146 valence electrons. The van der Waals surface area contributed by atoms with Crippen LogP contribution in [0.4, 0.5) is 0 Å². The molecule has 1 amide bonds. The van der Waals surface area contributed by atoms with Crippen molar-refractivity contribution in [3.05, 3.63) is 22.4 Å². The first kappa shape index (κ1) is 20.1. The van der Waals surface area contributed by atoms with Gasteiger partial charge in [-0.2, -0.15) is 0 Å². The Labute approximate surface area is 165 Å². The number of amides is 1. The lowest BCUT2D eigenvalue weighted by Gasteiger charge is -2.38. The van der Waals surface area contributed by atoms with Gasteiger partial charge in [0.05, 0.1) is 25.4 Å². The Balaban J connectivity index is 0.00000196. The van der Waals surface area contributed by atoms with Crippen LogP contribution in [-0.4, -0.2) is 53.8 Å². The number of nitrogens with one attached hydrogen (secondary N) is 1. The fraction of sp³-hybridized carbons (Fsp3) is 0.737. The normalized spacial score (nSPS) is 32.1. The van der Waals surface area contributed by atoms with Gasteiger partial charge in [0.25, 0.3) is 0 Å². The summed E-state index contributed by atoms with van der Waals surface area (Å²) in [4.78, 5) is 15.9. The third kappa shape index (κ3) is 4.60. The van der Waals surface area contributed by atoms with E-state index in [1.54, 1.807) is 11.3 Å². The van der Waals surface area contributed by atoms with Crippen molar-refractivity contribution < 1.29 is 14.6 Å². The van der Waals surface area contributed by atoms with E-state index in [1.807, 2.05) is 22.4 Å². The second-order valence-electron chi connectivity index (χ2n) is 7.76. The van der Waals surface area contributed by atoms with Crippen molar-refractivity contribution in [2.45, 2.75) is 62.8 Å². The van der Waals surface area contributed by atoms with Crippen molar-refractivity contribution in [1.82, 2.24) is 10.2 Å². The average molecular weight is 401 g/mol. The Hall–Kier alpha value is -0.660. The number of halogens is 1. The Bertz CT molecular complexity index is 573. The molecule has 0 aliphatic carbocycles. The van der Waals surface area contributed by atoms with Crippen LogP contribution in [0.25, 0.3) is 0 Å². The Morgan fingerprint density at radius 2 is 2.15 bits per heavy atom. The topological polar surface area (TPSA) is 61.8 Å². The Morgan fingerprint density at radius 3 is 2.85 bits per heavy atom. The minimum atomic E-state index is -0.517. The number of piperidine rings is 1. The predicted octanol–water partition coefficient (Wildman–Crippen LogP) is 2.74. The zero-order chi connectivity index (χ0) is 17.2. The van der Waals surface area contributed by atoms with Gasteiger partial charge < -0.3 is 20.1 Å². The summed E-state index contributed by atoms with van der Waals surface area (Å²) in [5, 5.41) is 16.1. The molecule has 1 aromatic rings. The van der Waals surface area contributed by atoms with Crippen molar-refractivity contribution >= 4 is 29.7 Å². The molecule has 5 nitrogen and oxygen atoms in total. The quantitative estimate of drug-likeness (QED) is 0.797. The van der Waals surface area contributed by atoms with Crippen molar-refractivity contribution in [3.63, 3.8) is 0 Å². The number of nitrogens with zero attached hydrogens (tertiary/aromatic N) is 1. The minimum Gasteiger partial charge on any atom is -0.387 e. The van der Waals surface area contributed by atoms with Gasteiger partial charge in [-0.3, -0.25) is 4.79 Å². The number of morpholine rings is 1. The van der Waals surface area contributed by atoms with Gasteiger partial charge in [0.2, 0.25) is 5.91 Å². The van der Waals surface area contributed by atoms with Crippen molar-refractivity contribution in [1.29, 1.82) is 0 Å². The van der Waals surface area contributed by atoms with Crippen molar-refractivity contribution in [2.75, 3.05) is 19.8 Å². The fourth-order valence-corrected chi connectivity index (χ4v) is 5.46. The summed E-state index contributed by atoms with van der Waals surface area (Å²) in [5.74, 6) is 0.759. The number of hydrogen-bond acceptors (Lipinski definition) is 5. The highest BCUT2D eigenvalue weighted by Gasteiger charge is 2.36. The molecule has 0 spiro atoms. The van der Waals surface area contributed by atoms with Crippen LogP contribution in [0.3, 0.4) is 0 Å². The van der Waals surface area contributed by atoms with Crippen LogP contribution in [-0.2, 0) is 9.53 Å². The summed E-state index contributed by atoms with van der Waals surface area (Å²) < 4.78 is 5.60. The highest BCUT2D eigenvalue weighted by Crippen LogP contribution is 2.34. The lowest BCUT2D eigenvalue weighted by Crippen LogP contribution is -2.50. The third-order valence-electron chi connectivity index (χ3n) is 5.95. The lowest BCUT2D eigenvalue weighted by atomic mass is 9.89. The van der Waals surface area contributed by atoms with Gasteiger partial charge in [-0.15, -0.1) is 23.7 Å². The minimum absolute atomic E-state index is 0. The number of aliphatic hydroxyl groups excluding tert-OH is 1. The molecule has 4 heterocycles. The maximum atomic E-state index is 12.9. The maximum absolute atomic E-state index is 12.9. The molecule has 4 unspecified atom stereocenters. The number of fused-ring (bicyclic) bond motifs is 2. The standard InChI is InChI=1S/C19H28N2O3S.ClH/c22-17(18-2-1-7-25-18)11-16-12-24-6-5-21(16)19(23)10-13-8-14-3-4-15(9-13)20-14;/h1-2,7,13-17,20,22H,3-6,8-12H2;1H. The number of aliphatic hydroxyl groups is 1. The first-order chi connectivity index (χ1) is 12.2. The van der Waals surface area contributed by atoms with Crippen LogP contribution < -0.4 is 5.32 Å². The van der Waals surface area contributed by atoms with E-state index >= 15 is 0 Å². The zero-order valence-electron chi connectivity index (χ0n) is 15.0. The smallest absolute Gasteiger partial charge is 0.223 e. The number of ether oxygens (including phenoxy) is 1. The molecule has 0 aromatic carbocycles. The van der Waals surface area contributed by atoms with Gasteiger partial charge in [0.15, 0.2) is 0 Å². The lowest BCUT2D eigenvalue weighted by molar-refractivity contribution is -0.142. The average Bonchev–Trinajstić information content (AvgIpc) is 3.25. The maximum Gasteiger partial charge on any atom is 0.223 e. The van der Waals surface area contributed by atoms with E-state index in [0.29, 0.717) is 50.6 Å². The number of thiophene rings is 1. The van der Waals surface area contributed by atoms with E-state index in [-0.39, 0.29) is 24.4 Å². The van der Waals surface area contributed by atoms with E-state index in [4.69, 9.17) is 4.74 Å². The molecule has 3 aliphatic rings. The number of hydrogen-bond donors (Lipinski definition) is 2. The molecule has 2 N–H and O–H groups in total. The van der Waals surface area contributed by atoms with Gasteiger partial charge in [-0.05, 0) is 43.0 Å². The molecule has 2 bridgehead atoms. The van der Waals surface area contributed by atoms with E-state index in [9.17, 15) is 9.90 Å². The summed E-state index contributed by atoms with van der Waals surface area (Å²) in [6.07, 6.45) is 5.50. The molecule has 7 heteroatoms. The summed E-state index contributed by atoms with van der Waals surface area (Å²) >= 11 is 1.56. The largest absolute Gasteiger partial charge is 0.387 e. The van der Waals surface area contributed by atoms with Crippen LogP contribution >= 0.6 is 23.7 Å². The van der Waals surface area contributed by atoms with Gasteiger partial charge in [-0.25, -0.2) is 0 Å². The predicted molar refractivity (Wildman–Crippen MR) is 105 cm³/mol. The molecular weight excluding hydrogens is 372 g/mol. The molecule has 26 heavy (non-hydrogen) atoms. The molecule has 0 radical (unpaired) electrons. The van der Waals surface area contributed by atoms with E-state index in [2.05, 4.69) is 5.32 Å². The summed E-state index contributed by atoms with van der Waals surface area (Å²) in [5.41, 5.74) is 0. The van der Waals surface area contributed by atoms with E-state index < -0.39 is 6.10 Å². The molecular formula is C19H29ClN2O3S. The molecule has 3 saturated heterocycles. The van der Waals surface area contributed by atoms with E-state index in [0.717, 1.165) is 17.7 Å². The SMILES string of the molecule is Cl.O=C(CC1CC2CCC(C1)N2)N1CCOCC1CC(O)c1cccs1. The summed E-state index contributed by atoms with van der Waals surface area (Å²) in [6.45, 7) is 1.79. The van der Waals surface area contributed by atoms with Crippen LogP contribution in [0.15, 0.2) is 17.5 Å². The number of carbonyl (C=O) groups is 1. The Morgan fingerprint density at radius 1 is 1.38 bits per heavy atom. The fourth-order valence-electron chi connectivity index (χ4n) is 4.74. The van der Waals surface area contributed by atoms with Gasteiger partial charge in [0, 0.05) is 36.3 Å². The van der Waals surface area contributed by atoms with Crippen LogP contribution in [0.1, 0.15) is 49.5 Å². The van der Waals surface area contributed by atoms with E-state index in [1.165, 1.54) is 12.8 Å². The Kier molecular flexibility index (Phi) is 6.97. The number of rotatable bonds is 5. The first-order valence-electron chi connectivity index (χ1n) is 9.53. The van der Waals surface area contributed by atoms with Gasteiger partial charge >= 0.3 is 0 Å². The summed E-state index contributed by atoms with van der Waals surface area (Å²) in [6, 6.07) is 5.14. The van der Waals surface area contributed by atoms with Crippen molar-refractivity contribution in [3.8, 4) is 0 Å². The van der Waals surface area contributed by atoms with Crippen LogP contribution in [0, 0.1) is 5.92 Å². The van der Waals surface area contributed by atoms with Crippen LogP contribution in [0.5, 0.6) is 0 Å². The van der Waals surface area contributed by atoms with Crippen LogP contribution in [0.2, 0.25) is 0 Å². The van der Waals surface area contributed by atoms with Gasteiger partial charge in [0.1, 0.15) is 0 Å². The van der Waals surface area contributed by atoms with Gasteiger partial charge in [-0.1, -0.05) is 6.07 Å². The molecule has 3 fully saturated rings. The molecule has 0 saturated carbocycles. The monoisotopic (exact) mass is 400 g/mol. The third-order valence-corrected chi connectivity index (χ3v) is 6.92. The van der Waals surface area contributed by atoms with Crippen molar-refractivity contribution in [2.24, 2.45) is 5.92 Å². The zero-order valence-corrected chi connectivity index (χ0v) is 16.6.